The van der Waals surface area contributed by atoms with Gasteiger partial charge in [-0.2, -0.15) is 4.98 Å². The van der Waals surface area contributed by atoms with E-state index in [4.69, 9.17) is 8.94 Å². The highest BCUT2D eigenvalue weighted by molar-refractivity contribution is 5.83. The van der Waals surface area contributed by atoms with Gasteiger partial charge in [-0.05, 0) is 25.3 Å². The third kappa shape index (κ3) is 3.41. The Morgan fingerprint density at radius 1 is 1.39 bits per heavy atom. The van der Waals surface area contributed by atoms with Crippen molar-refractivity contribution in [3.05, 3.63) is 24.5 Å². The zero-order valence-electron chi connectivity index (χ0n) is 12.5. The van der Waals surface area contributed by atoms with Gasteiger partial charge in [0.05, 0.1) is 11.8 Å². The second-order valence-electron chi connectivity index (χ2n) is 5.46. The number of furan rings is 1. The standard InChI is InChI=1S/C15H17N3O5/c19-13(18-7-2-1-3-11(18)15(20)21)5-4-12-16-14(17-23-12)10-6-8-22-9-10/h6,8-9,11H,1-5,7H2,(H,20,21)/t11-/m0/s1. The normalized spacial score (nSPS) is 18.1. The number of hydrogen-bond acceptors (Lipinski definition) is 6. The molecule has 0 bridgehead atoms. The largest absolute Gasteiger partial charge is 0.480 e. The zero-order valence-corrected chi connectivity index (χ0v) is 12.5. The molecule has 8 nitrogen and oxygen atoms in total. The van der Waals surface area contributed by atoms with Gasteiger partial charge in [0, 0.05) is 19.4 Å². The molecule has 1 aliphatic heterocycles. The third-order valence-electron chi connectivity index (χ3n) is 3.91. The second-order valence-corrected chi connectivity index (χ2v) is 5.46. The quantitative estimate of drug-likeness (QED) is 0.893. The molecular formula is C15H17N3O5. The van der Waals surface area contributed by atoms with E-state index in [2.05, 4.69) is 10.1 Å². The van der Waals surface area contributed by atoms with E-state index in [0.29, 0.717) is 30.2 Å². The Bertz CT molecular complexity index is 679. The minimum atomic E-state index is -0.946. The molecule has 122 valence electrons. The number of aromatic nitrogens is 2. The van der Waals surface area contributed by atoms with E-state index in [9.17, 15) is 14.7 Å². The molecule has 0 spiro atoms. The summed E-state index contributed by atoms with van der Waals surface area (Å²) in [5, 5.41) is 13.0. The number of amides is 1. The van der Waals surface area contributed by atoms with Gasteiger partial charge in [0.2, 0.25) is 17.6 Å². The van der Waals surface area contributed by atoms with Crippen molar-refractivity contribution < 1.29 is 23.6 Å². The van der Waals surface area contributed by atoms with Crippen molar-refractivity contribution in [2.45, 2.75) is 38.1 Å². The second kappa shape index (κ2) is 6.64. The highest BCUT2D eigenvalue weighted by Crippen LogP contribution is 2.20. The first-order valence-corrected chi connectivity index (χ1v) is 7.52. The Balaban J connectivity index is 1.59. The number of carbonyl (C=O) groups excluding carboxylic acids is 1. The minimum absolute atomic E-state index is 0.150. The lowest BCUT2D eigenvalue weighted by Crippen LogP contribution is -2.48. The Morgan fingerprint density at radius 3 is 3.00 bits per heavy atom. The number of piperidine rings is 1. The van der Waals surface area contributed by atoms with Crippen LogP contribution in [0.1, 0.15) is 31.6 Å². The SMILES string of the molecule is O=C(O)[C@@H]1CCCCN1C(=O)CCc1nc(-c2ccoc2)no1. The van der Waals surface area contributed by atoms with Crippen molar-refractivity contribution in [2.75, 3.05) is 6.54 Å². The van der Waals surface area contributed by atoms with Gasteiger partial charge in [-0.1, -0.05) is 5.16 Å². The number of carbonyl (C=O) groups is 2. The molecule has 2 aromatic rings. The van der Waals surface area contributed by atoms with Gasteiger partial charge in [0.25, 0.3) is 0 Å². The van der Waals surface area contributed by atoms with Gasteiger partial charge >= 0.3 is 5.97 Å². The Hall–Kier alpha value is -2.64. The predicted molar refractivity (Wildman–Crippen MR) is 77.3 cm³/mol. The lowest BCUT2D eigenvalue weighted by atomic mass is 10.0. The highest BCUT2D eigenvalue weighted by Gasteiger charge is 2.31. The fraction of sp³-hybridized carbons (Fsp3) is 0.467. The van der Waals surface area contributed by atoms with Gasteiger partial charge < -0.3 is 18.9 Å². The van der Waals surface area contributed by atoms with E-state index < -0.39 is 12.0 Å². The molecule has 1 aliphatic rings. The van der Waals surface area contributed by atoms with Crippen LogP contribution >= 0.6 is 0 Å². The van der Waals surface area contributed by atoms with E-state index >= 15 is 0 Å². The summed E-state index contributed by atoms with van der Waals surface area (Å²) in [5.74, 6) is -0.390. The average molecular weight is 319 g/mol. The maximum absolute atomic E-state index is 12.3. The van der Waals surface area contributed by atoms with Crippen molar-refractivity contribution in [3.8, 4) is 11.4 Å². The number of aryl methyl sites for hydroxylation is 1. The lowest BCUT2D eigenvalue weighted by Gasteiger charge is -2.32. The number of likely N-dealkylation sites (tertiary alicyclic amines) is 1. The maximum atomic E-state index is 12.3. The fourth-order valence-corrected chi connectivity index (χ4v) is 2.71. The minimum Gasteiger partial charge on any atom is -0.480 e. The molecule has 1 N–H and O–H groups in total. The molecular weight excluding hydrogens is 302 g/mol. The lowest BCUT2D eigenvalue weighted by molar-refractivity contribution is -0.152. The molecule has 2 aromatic heterocycles. The molecule has 0 aliphatic carbocycles. The van der Waals surface area contributed by atoms with Gasteiger partial charge in [-0.3, -0.25) is 4.79 Å². The first-order valence-electron chi connectivity index (χ1n) is 7.52. The number of rotatable bonds is 5. The van der Waals surface area contributed by atoms with Crippen LogP contribution in [0.4, 0.5) is 0 Å². The van der Waals surface area contributed by atoms with Crippen molar-refractivity contribution in [1.82, 2.24) is 15.0 Å². The van der Waals surface area contributed by atoms with Crippen molar-refractivity contribution in [3.63, 3.8) is 0 Å². The van der Waals surface area contributed by atoms with E-state index in [0.717, 1.165) is 12.8 Å². The van der Waals surface area contributed by atoms with Crippen LogP contribution in [-0.4, -0.2) is 44.6 Å². The smallest absolute Gasteiger partial charge is 0.326 e. The van der Waals surface area contributed by atoms with E-state index in [1.807, 2.05) is 0 Å². The Kier molecular flexibility index (Phi) is 4.40. The average Bonchev–Trinajstić information content (AvgIpc) is 3.23. The molecule has 1 amide bonds. The summed E-state index contributed by atoms with van der Waals surface area (Å²) in [5.41, 5.74) is 0.702. The van der Waals surface area contributed by atoms with Gasteiger partial charge in [-0.15, -0.1) is 0 Å². The van der Waals surface area contributed by atoms with Crippen LogP contribution in [0.5, 0.6) is 0 Å². The van der Waals surface area contributed by atoms with Crippen LogP contribution in [-0.2, 0) is 16.0 Å². The van der Waals surface area contributed by atoms with Crippen LogP contribution < -0.4 is 0 Å². The monoisotopic (exact) mass is 319 g/mol. The maximum Gasteiger partial charge on any atom is 0.326 e. The van der Waals surface area contributed by atoms with E-state index in [1.54, 1.807) is 6.07 Å². The summed E-state index contributed by atoms with van der Waals surface area (Å²) < 4.78 is 10.1. The first kappa shape index (κ1) is 15.3. The third-order valence-corrected chi connectivity index (χ3v) is 3.91. The summed E-state index contributed by atoms with van der Waals surface area (Å²) in [6.45, 7) is 0.486. The van der Waals surface area contributed by atoms with Gasteiger partial charge in [0.1, 0.15) is 12.3 Å². The number of nitrogens with zero attached hydrogens (tertiary/aromatic N) is 3. The molecule has 3 rings (SSSR count). The molecule has 1 fully saturated rings. The Morgan fingerprint density at radius 2 is 2.26 bits per heavy atom. The van der Waals surface area contributed by atoms with Gasteiger partial charge in [0.15, 0.2) is 0 Å². The van der Waals surface area contributed by atoms with E-state index in [1.165, 1.54) is 17.4 Å². The molecule has 1 saturated heterocycles. The number of aliphatic carboxylic acids is 1. The molecule has 0 radical (unpaired) electrons. The zero-order chi connectivity index (χ0) is 16.2. The molecule has 8 heteroatoms. The highest BCUT2D eigenvalue weighted by atomic mass is 16.5. The molecule has 1 atom stereocenters. The molecule has 0 aromatic carbocycles. The predicted octanol–water partition coefficient (Wildman–Crippen LogP) is 1.73. The molecule has 0 saturated carbocycles. The summed E-state index contributed by atoms with van der Waals surface area (Å²) in [6, 6.07) is 0.991. The van der Waals surface area contributed by atoms with E-state index in [-0.39, 0.29) is 18.7 Å². The van der Waals surface area contributed by atoms with Crippen LogP contribution in [0.3, 0.4) is 0 Å². The summed E-state index contributed by atoms with van der Waals surface area (Å²) in [4.78, 5) is 29.2. The summed E-state index contributed by atoms with van der Waals surface area (Å²) in [6.07, 6.45) is 5.62. The fourth-order valence-electron chi connectivity index (χ4n) is 2.71. The van der Waals surface area contributed by atoms with Crippen LogP contribution in [0.15, 0.2) is 27.5 Å². The summed E-state index contributed by atoms with van der Waals surface area (Å²) >= 11 is 0. The topological polar surface area (TPSA) is 110 Å². The molecule has 3 heterocycles. The molecule has 23 heavy (non-hydrogen) atoms. The van der Waals surface area contributed by atoms with Crippen LogP contribution in [0.25, 0.3) is 11.4 Å². The first-order chi connectivity index (χ1) is 11.1. The van der Waals surface area contributed by atoms with Crippen molar-refractivity contribution in [1.29, 1.82) is 0 Å². The number of carboxylic acids is 1. The number of carboxylic acid groups (broad SMARTS) is 1. The summed E-state index contributed by atoms with van der Waals surface area (Å²) in [7, 11) is 0. The van der Waals surface area contributed by atoms with Crippen molar-refractivity contribution >= 4 is 11.9 Å². The molecule has 0 unspecified atom stereocenters. The van der Waals surface area contributed by atoms with Crippen molar-refractivity contribution in [2.24, 2.45) is 0 Å². The van der Waals surface area contributed by atoms with Crippen LogP contribution in [0.2, 0.25) is 0 Å². The Labute approximate surface area is 132 Å². The van der Waals surface area contributed by atoms with Crippen LogP contribution in [0, 0.1) is 0 Å². The number of hydrogen-bond donors (Lipinski definition) is 1. The van der Waals surface area contributed by atoms with Gasteiger partial charge in [-0.25, -0.2) is 4.79 Å².